The molecule has 0 amide bonds. The van der Waals surface area contributed by atoms with Gasteiger partial charge in [0.2, 0.25) is 47.9 Å². The van der Waals surface area contributed by atoms with Gasteiger partial charge in [0, 0.05) is 59.9 Å². The summed E-state index contributed by atoms with van der Waals surface area (Å²) in [7, 11) is -2.01. The fraction of sp³-hybridized carbons (Fsp3) is 0.339. The zero-order valence-corrected chi connectivity index (χ0v) is 61.8. The second-order valence-corrected chi connectivity index (χ2v) is 29.5. The predicted octanol–water partition coefficient (Wildman–Crippen LogP) is 7.90. The van der Waals surface area contributed by atoms with E-state index in [-0.39, 0.29) is 101 Å². The summed E-state index contributed by atoms with van der Waals surface area (Å²) in [6, 6.07) is 17.7. The van der Waals surface area contributed by atoms with Crippen LogP contribution in [0.1, 0.15) is 93.1 Å². The number of thiol groups is 1. The Kier molecular flexibility index (Phi) is 40.8. The number of rotatable bonds is 19. The van der Waals surface area contributed by atoms with Crippen LogP contribution in [0.2, 0.25) is 0 Å². The predicted molar refractivity (Wildman–Crippen MR) is 361 cm³/mol. The van der Waals surface area contributed by atoms with Crippen molar-refractivity contribution in [3.05, 3.63) is 149 Å². The zero-order valence-electron chi connectivity index (χ0n) is 51.8. The van der Waals surface area contributed by atoms with Gasteiger partial charge in [-0.2, -0.15) is 0 Å². The third-order valence-corrected chi connectivity index (χ3v) is 15.3. The molecule has 0 saturated carbocycles. The number of aliphatic hydroxyl groups is 1. The van der Waals surface area contributed by atoms with Crippen LogP contribution in [-0.4, -0.2) is 135 Å². The Morgan fingerprint density at radius 2 is 0.901 bits per heavy atom. The Morgan fingerprint density at radius 1 is 0.637 bits per heavy atom. The third kappa shape index (κ3) is 30.5. The first-order valence-electron chi connectivity index (χ1n) is 25.7. The van der Waals surface area contributed by atoms with Crippen molar-refractivity contribution in [1.29, 1.82) is 0 Å². The van der Waals surface area contributed by atoms with Crippen LogP contribution in [0.25, 0.3) is 45.9 Å². The topological polar surface area (TPSA) is 303 Å². The summed E-state index contributed by atoms with van der Waals surface area (Å²) < 4.78 is 116. The Labute approximate surface area is 588 Å². The molecule has 0 bridgehead atoms. The van der Waals surface area contributed by atoms with Crippen LogP contribution in [0.15, 0.2) is 102 Å². The van der Waals surface area contributed by atoms with Crippen LogP contribution < -0.4 is 47.7 Å². The summed E-state index contributed by atoms with van der Waals surface area (Å²) in [5, 5.41) is 18.2. The van der Waals surface area contributed by atoms with Crippen molar-refractivity contribution in [3.8, 4) is 33.8 Å². The summed E-state index contributed by atoms with van der Waals surface area (Å²) in [6.45, 7) is 15.2. The number of aromatic nitrogens is 6. The van der Waals surface area contributed by atoms with Gasteiger partial charge >= 0.3 is 54.3 Å². The first kappa shape index (κ1) is 88.4. The number of halogens is 8. The SMILES string of the molecule is C=CCc1c(-c2ccc(F)cc2)nc(N(C)S(C)(=O)=O)nc1C(C)C.CC(C)c1nc(N(C)S(C)(=O)=O)nc(-c2ccc(F)cc2)c1/C=C/CBr.CC(C)c1nc(N(C)S(C)(=O)=O)nc(-c2ccc(F)cc2)c1/C=C/CO.ClC(Cl)(Cl)Cl.O.O=CO[O-].[B]=NS.[Na+]. The molecule has 3 N–H and O–H groups in total. The number of hydrogen-bond donors (Lipinski definition) is 2. The van der Waals surface area contributed by atoms with Crippen LogP contribution in [0.5, 0.6) is 0 Å². The number of nitrogens with zero attached hydrogens (tertiary/aromatic N) is 10. The van der Waals surface area contributed by atoms with Crippen molar-refractivity contribution in [1.82, 2.24) is 29.9 Å². The molecule has 0 unspecified atom stereocenters. The van der Waals surface area contributed by atoms with E-state index in [1.165, 1.54) is 57.5 Å². The van der Waals surface area contributed by atoms with E-state index in [9.17, 15) is 38.4 Å². The van der Waals surface area contributed by atoms with Crippen LogP contribution in [0.4, 0.5) is 31.0 Å². The molecular weight excluding hydrogens is 1430 g/mol. The number of carbonyl (C=O) groups excluding carboxylic acids is 1. The molecule has 35 heteroatoms. The average Bonchev–Trinajstić information content (AvgIpc) is 0.832. The fourth-order valence-corrected chi connectivity index (χ4v) is 8.49. The quantitative estimate of drug-likeness (QED) is 0.0148. The molecular formula is C56H69BBrCl4F3N10NaO11S4. The van der Waals surface area contributed by atoms with Gasteiger partial charge < -0.3 is 20.7 Å². The molecule has 1 radical (unpaired) electrons. The van der Waals surface area contributed by atoms with Gasteiger partial charge in [0.05, 0.1) is 59.5 Å². The smallest absolute Gasteiger partial charge is 1.00 e. The average molecular weight is 1500 g/mol. The van der Waals surface area contributed by atoms with E-state index in [0.717, 1.165) is 54.2 Å². The molecule has 0 aliphatic carbocycles. The summed E-state index contributed by atoms with van der Waals surface area (Å²) in [6.07, 6.45) is 12.6. The molecule has 3 aromatic carbocycles. The Morgan fingerprint density at radius 3 is 1.14 bits per heavy atom. The Hall–Kier alpha value is -4.64. The minimum atomic E-state index is -3.54. The summed E-state index contributed by atoms with van der Waals surface area (Å²) >= 11 is 25.9. The van der Waals surface area contributed by atoms with Gasteiger partial charge in [0.1, 0.15) is 17.5 Å². The number of anilines is 3. The molecule has 0 fully saturated rings. The minimum Gasteiger partial charge on any atom is 1.00 e. The maximum Gasteiger partial charge on any atom is 1.00 e. The van der Waals surface area contributed by atoms with Crippen molar-refractivity contribution in [2.24, 2.45) is 4.30 Å². The molecule has 91 heavy (non-hydrogen) atoms. The van der Waals surface area contributed by atoms with Crippen molar-refractivity contribution in [2.75, 3.05) is 64.8 Å². The van der Waals surface area contributed by atoms with Gasteiger partial charge in [-0.25, -0.2) is 81.2 Å². The second-order valence-electron chi connectivity index (χ2n) is 19.1. The van der Waals surface area contributed by atoms with E-state index in [4.69, 9.17) is 61.6 Å². The van der Waals surface area contributed by atoms with E-state index in [1.54, 1.807) is 54.6 Å². The van der Waals surface area contributed by atoms with Crippen LogP contribution in [0, 0.1) is 17.5 Å². The number of benzene rings is 3. The number of alkyl halides is 5. The molecule has 6 rings (SSSR count). The molecule has 493 valence electrons. The maximum absolute atomic E-state index is 13.3. The van der Waals surface area contributed by atoms with Crippen molar-refractivity contribution in [2.45, 2.75) is 69.0 Å². The van der Waals surface area contributed by atoms with Crippen LogP contribution in [-0.2, 0) is 46.2 Å². The Balaban J connectivity index is 0. The molecule has 3 aromatic heterocycles. The number of sulfonamides is 3. The summed E-state index contributed by atoms with van der Waals surface area (Å²) in [5.41, 5.74) is 8.05. The monoisotopic (exact) mass is 1500 g/mol. The molecule has 0 atom stereocenters. The number of aliphatic hydroxyl groups excluding tert-OH is 1. The number of hydrogen-bond acceptors (Lipinski definition) is 18. The summed E-state index contributed by atoms with van der Waals surface area (Å²) in [5.74, 6) is -0.780. The Bertz CT molecular complexity index is 3550. The van der Waals surface area contributed by atoms with Crippen molar-refractivity contribution < 1.29 is 93.5 Å². The van der Waals surface area contributed by atoms with E-state index in [1.807, 2.05) is 53.7 Å². The first-order chi connectivity index (χ1) is 41.3. The second kappa shape index (κ2) is 41.9. The standard InChI is InChI=1S/C18H21BrFN3O2S.C18H22FN3O3S.C18H22FN3O2S.CCl4.CH2O3.BHNS.Na.H2O/c1-12(2)16-15(6-5-11-19)17(13-7-9-14(20)10-8-13)22-18(21-16)23(3)26(4,24)25;1-12(2)16-15(6-5-11-23)17(13-7-9-14(19)10-8-13)21-18(20-16)22(3)26(4,24)25;1-6-7-15-16(12(2)3)20-18(22(4)25(5,23)24)21-17(15)13-8-10-14(19)11-9-13;2-1(3,4)5;2-1-4-3;1-2-3;;/h5-10,12H,11H2,1-4H3;5-10,12,23H,11H2,1-4H3;6,8-12H,1,7H2,2-5H3;;1,3H;3H;;1H2/q;;;;;;+1;/p-1/b2*6-5+;;;;;;. The van der Waals surface area contributed by atoms with E-state index >= 15 is 0 Å². The summed E-state index contributed by atoms with van der Waals surface area (Å²) in [4.78, 5) is 38.0. The van der Waals surface area contributed by atoms with Gasteiger partial charge in [-0.05, 0) is 97.0 Å². The van der Waals surface area contributed by atoms with Crippen LogP contribution in [0.3, 0.4) is 0 Å². The molecule has 0 spiro atoms. The fourth-order valence-electron chi connectivity index (χ4n) is 7.17. The van der Waals surface area contributed by atoms with Gasteiger partial charge in [-0.3, -0.25) is 4.79 Å². The van der Waals surface area contributed by atoms with Gasteiger partial charge in [0.25, 0.3) is 9.72 Å². The molecule has 0 saturated heterocycles. The molecule has 21 nitrogen and oxygen atoms in total. The third-order valence-electron chi connectivity index (χ3n) is 11.4. The number of carbonyl (C=O) groups is 1. The van der Waals surface area contributed by atoms with Gasteiger partial charge in [-0.15, -0.1) is 6.58 Å². The molecule has 0 aliphatic rings. The number of allylic oxidation sites excluding steroid dienone is 2. The minimum absolute atomic E-state index is 0. The van der Waals surface area contributed by atoms with E-state index < -0.39 is 33.3 Å². The largest absolute Gasteiger partial charge is 1.00 e. The first-order valence-corrected chi connectivity index (χ1v) is 34.3. The van der Waals surface area contributed by atoms with Crippen LogP contribution >= 0.6 is 75.1 Å². The van der Waals surface area contributed by atoms with E-state index in [0.29, 0.717) is 56.8 Å². The normalized spacial score (nSPS) is 11.1. The van der Waals surface area contributed by atoms with E-state index in [2.05, 4.69) is 82.1 Å². The molecule has 0 aliphatic heterocycles. The van der Waals surface area contributed by atoms with Crippen molar-refractivity contribution in [3.63, 3.8) is 0 Å². The van der Waals surface area contributed by atoms with Crippen molar-refractivity contribution >= 4 is 149 Å². The maximum atomic E-state index is 13.3. The van der Waals surface area contributed by atoms with Gasteiger partial charge in [-0.1, -0.05) is 134 Å². The zero-order chi connectivity index (χ0) is 68.4. The van der Waals surface area contributed by atoms with Gasteiger partial charge in [0.15, 0.2) is 0 Å². The molecule has 6 aromatic rings. The molecule has 3 heterocycles.